The summed E-state index contributed by atoms with van der Waals surface area (Å²) in [4.78, 5) is 171. The summed E-state index contributed by atoms with van der Waals surface area (Å²) in [6.07, 6.45) is 11.6. The summed E-state index contributed by atoms with van der Waals surface area (Å²) in [6.45, 7) is 20.6. The number of nitro groups is 5. The van der Waals surface area contributed by atoms with Crippen LogP contribution < -0.4 is 24.3 Å². The minimum Gasteiger partial charge on any atom is -0.545 e. The number of carbonyl (C=O) groups excluding carboxylic acids is 9. The molecular formula is C70H79Cl3N12O28Si. The first-order valence-electron chi connectivity index (χ1n) is 33.0. The molecule has 0 bridgehead atoms. The van der Waals surface area contributed by atoms with Crippen molar-refractivity contribution in [2.45, 2.75) is 114 Å². The third kappa shape index (κ3) is 28.5. The monoisotopic (exact) mass is 1670 g/mol. The lowest BCUT2D eigenvalue weighted by molar-refractivity contribution is -0.386. The van der Waals surface area contributed by atoms with Gasteiger partial charge in [0.25, 0.3) is 22.7 Å². The van der Waals surface area contributed by atoms with E-state index in [0.717, 1.165) is 43.7 Å². The number of carbonyl (C=O) groups is 7. The van der Waals surface area contributed by atoms with Crippen LogP contribution in [0.2, 0.25) is 35.0 Å². The summed E-state index contributed by atoms with van der Waals surface area (Å²) in [7, 11) is 7.90. The zero-order valence-electron chi connectivity index (χ0n) is 63.5. The normalized spacial score (nSPS) is 13.0. The highest BCUT2D eigenvalue weighted by atomic mass is 35.5. The van der Waals surface area contributed by atoms with Gasteiger partial charge in [-0.1, -0.05) is 61.5 Å². The van der Waals surface area contributed by atoms with Crippen LogP contribution in [0.25, 0.3) is 5.57 Å². The van der Waals surface area contributed by atoms with E-state index < -0.39 is 73.6 Å². The van der Waals surface area contributed by atoms with Crippen LogP contribution in [-0.2, 0) is 83.8 Å². The number of esters is 4. The van der Waals surface area contributed by atoms with Gasteiger partial charge in [-0.25, -0.2) is 34.7 Å². The quantitative estimate of drug-likeness (QED) is 0.00759. The molecule has 9 rings (SSSR count). The number of hydrogen-bond acceptors (Lipinski definition) is 34. The smallest absolute Gasteiger partial charge is 0.373 e. The maximum atomic E-state index is 12.4. The molecule has 7 heterocycles. The van der Waals surface area contributed by atoms with Crippen LogP contribution in [0.1, 0.15) is 105 Å². The number of nitrogens with one attached hydrogen (secondary N) is 1. The number of aromatic nitrogens is 6. The maximum absolute atomic E-state index is 12.4. The fourth-order valence-corrected chi connectivity index (χ4v) is 12.0. The first-order chi connectivity index (χ1) is 53.7. The number of methoxy groups -OCH3 is 7. The molecule has 6 aromatic heterocycles. The number of ketones is 2. The standard InChI is InChI=1S/C14H16N2O6.C13H14N2O3.C11H13ClN2O4.C10H10N2O5.C9H10N2O5.C7H14OSi.C5H2Cl2N2O2.CO2/c1-21-12-7-10(11(8-15-12)16(19)20)14(13(18)22-2)5-3-9(17)4-6-14;1-18-9-6-10-11(14-7-9)15-12(17)13(10)4-2-8(16)3-5-13;1-3-7(11(15)18-4-2)8-5-10(12)13-6-9(8)14(16)17;1-6(10(13)17-3)7-4-9(16-2)11-5-8(7)12(14)15;1-15-8-3-6(4-9(12)16-2)7(5-10-8)11(13)14;1-6-7(2)8-9(3,4)5;6-3-1-5(7)8-2-4(3)9(10)11;2-1-3/h7-8H,3-6H2,1-2H3;6-7H,2-5H2,1H3,(H,14,15,17);5-7H,3-4H2,1-2H3;4-5H,1H2,2-3H3;3,5H,4H2,1-2H3;6H,1-2H2,3-5H3;1-2H;. The molecule has 0 aromatic carbocycles. The van der Waals surface area contributed by atoms with Gasteiger partial charge < -0.3 is 47.6 Å². The Morgan fingerprint density at radius 3 is 1.51 bits per heavy atom. The van der Waals surface area contributed by atoms with Crippen molar-refractivity contribution in [1.29, 1.82) is 0 Å². The fraction of sp³-hybridized carbons (Fsp3) is 0.371. The van der Waals surface area contributed by atoms with Crippen LogP contribution >= 0.6 is 34.8 Å². The van der Waals surface area contributed by atoms with Gasteiger partial charge in [-0.2, -0.15) is 9.59 Å². The Hall–Kier alpha value is -12.7. The first-order valence-corrected chi connectivity index (χ1v) is 37.5. The van der Waals surface area contributed by atoms with Crippen molar-refractivity contribution in [3.05, 3.63) is 199 Å². The van der Waals surface area contributed by atoms with Crippen LogP contribution in [0.15, 0.2) is 105 Å². The number of pyridine rings is 6. The zero-order valence-corrected chi connectivity index (χ0v) is 66.7. The first kappa shape index (κ1) is 97.4. The lowest BCUT2D eigenvalue weighted by atomic mass is 9.68. The van der Waals surface area contributed by atoms with E-state index in [1.54, 1.807) is 33.2 Å². The second-order valence-corrected chi connectivity index (χ2v) is 29.6. The predicted molar refractivity (Wildman–Crippen MR) is 406 cm³/mol. The number of rotatable bonds is 22. The summed E-state index contributed by atoms with van der Waals surface area (Å²) >= 11 is 16.6. The second-order valence-electron chi connectivity index (χ2n) is 24.0. The topological polar surface area (TPSA) is 542 Å². The number of fused-ring (bicyclic) bond motifs is 2. The summed E-state index contributed by atoms with van der Waals surface area (Å²) in [5.74, 6) is -0.399. The molecular weight excluding hydrogens is 1590 g/mol. The average molecular weight is 1670 g/mol. The van der Waals surface area contributed by atoms with E-state index in [1.807, 2.05) is 6.07 Å². The molecule has 6 aromatic rings. The molecule has 612 valence electrons. The molecule has 40 nitrogen and oxygen atoms in total. The van der Waals surface area contributed by atoms with Gasteiger partial charge in [0.2, 0.25) is 31.9 Å². The fourth-order valence-electron chi connectivity index (χ4n) is 10.5. The number of anilines is 1. The van der Waals surface area contributed by atoms with E-state index >= 15 is 0 Å². The Balaban J connectivity index is 0.000000454. The summed E-state index contributed by atoms with van der Waals surface area (Å²) < 4.78 is 43.9. The number of amides is 1. The molecule has 1 amide bonds. The zero-order chi connectivity index (χ0) is 86.5. The molecule has 0 radical (unpaired) electrons. The molecule has 1 atom stereocenters. The van der Waals surface area contributed by atoms with Gasteiger partial charge in [0.15, 0.2) is 0 Å². The van der Waals surface area contributed by atoms with E-state index in [-0.39, 0.29) is 152 Å². The number of hydrogen-bond donors (Lipinski definition) is 1. The SMILES string of the molecule is C=C(C(=O)OC)c1cc(OC)ncc1[N+](=O)[O-].C=CC(=C)O[Si](C)(C)C.CCOC(=O)C(CC)c1cc(Cl)ncc1[N+](=O)[O-].COC(=O)C1(c2cc(OC)ncc2[N+](=O)[O-])CCC(=O)CC1.COC(=O)Cc1cc(OC)ncc1[N+](=O)[O-].COc1cnc2c(c1)C1(CCC(=O)CC1)C(=O)N2.O=C=O.O=[N+]([O-])c1cnc(Cl)cc1Cl. The number of nitrogens with zero attached hydrogens (tertiary/aromatic N) is 11. The van der Waals surface area contributed by atoms with Gasteiger partial charge in [0, 0.05) is 66.6 Å². The van der Waals surface area contributed by atoms with Crippen molar-refractivity contribution >= 4 is 130 Å². The number of Topliss-reactive ketones (excluding diaryl/α,β-unsaturated/α-hetero) is 2. The molecule has 1 spiro atoms. The Morgan fingerprint density at radius 1 is 0.596 bits per heavy atom. The third-order valence-electron chi connectivity index (χ3n) is 16.0. The summed E-state index contributed by atoms with van der Waals surface area (Å²) in [5, 5.41) is 56.8. The van der Waals surface area contributed by atoms with Crippen LogP contribution in [0, 0.1) is 50.6 Å². The van der Waals surface area contributed by atoms with Crippen molar-refractivity contribution in [3.8, 4) is 23.4 Å². The van der Waals surface area contributed by atoms with Gasteiger partial charge in [-0.15, -0.1) is 0 Å². The van der Waals surface area contributed by atoms with Crippen LogP contribution in [0.5, 0.6) is 23.4 Å². The van der Waals surface area contributed by atoms with E-state index in [9.17, 15) is 84.1 Å². The van der Waals surface area contributed by atoms with Gasteiger partial charge in [0.05, 0.1) is 127 Å². The van der Waals surface area contributed by atoms with Gasteiger partial charge in [0.1, 0.15) is 74.9 Å². The molecule has 1 aliphatic heterocycles. The van der Waals surface area contributed by atoms with Crippen molar-refractivity contribution in [2.24, 2.45) is 0 Å². The van der Waals surface area contributed by atoms with Crippen molar-refractivity contribution in [3.63, 3.8) is 0 Å². The van der Waals surface area contributed by atoms with Crippen molar-refractivity contribution in [2.75, 3.05) is 61.7 Å². The molecule has 2 saturated carbocycles. The Bertz CT molecular complexity index is 4580. The molecule has 0 saturated heterocycles. The highest BCUT2D eigenvalue weighted by molar-refractivity contribution is 6.70. The maximum Gasteiger partial charge on any atom is 0.373 e. The number of halogens is 3. The minimum atomic E-state index is -1.41. The highest BCUT2D eigenvalue weighted by Gasteiger charge is 2.50. The van der Waals surface area contributed by atoms with Crippen LogP contribution in [-0.4, -0.2) is 167 Å². The lowest BCUT2D eigenvalue weighted by Gasteiger charge is -2.33. The molecule has 114 heavy (non-hydrogen) atoms. The van der Waals surface area contributed by atoms with Crippen molar-refractivity contribution in [1.82, 2.24) is 29.9 Å². The molecule has 2 aliphatic carbocycles. The van der Waals surface area contributed by atoms with Crippen molar-refractivity contribution < 1.29 is 110 Å². The Labute approximate surface area is 665 Å². The van der Waals surface area contributed by atoms with Gasteiger partial charge in [-0.05, 0) is 76.9 Å². The molecule has 3 aliphatic rings. The average Bonchev–Trinajstić information content (AvgIpc) is 1.52. The lowest BCUT2D eigenvalue weighted by Crippen LogP contribution is -2.41. The van der Waals surface area contributed by atoms with E-state index in [0.29, 0.717) is 49.4 Å². The predicted octanol–water partition coefficient (Wildman–Crippen LogP) is 11.8. The Morgan fingerprint density at radius 2 is 1.07 bits per heavy atom. The minimum absolute atomic E-state index is 0.00463. The van der Waals surface area contributed by atoms with E-state index in [2.05, 4.69) is 84.1 Å². The van der Waals surface area contributed by atoms with E-state index in [4.69, 9.17) is 77.2 Å². The second kappa shape index (κ2) is 46.8. The molecule has 44 heteroatoms. The molecule has 1 unspecified atom stereocenters. The number of allylic oxidation sites excluding steroid dienone is 1. The molecule has 2 fully saturated rings. The summed E-state index contributed by atoms with van der Waals surface area (Å²) in [6, 6.07) is 8.40. The third-order valence-corrected chi connectivity index (χ3v) is 17.6. The Kier molecular flexibility index (Phi) is 40.0. The van der Waals surface area contributed by atoms with Gasteiger partial charge >= 0.3 is 35.7 Å². The molecule has 1 N–H and O–H groups in total. The van der Waals surface area contributed by atoms with Gasteiger partial charge in [-0.3, -0.25) is 79.3 Å². The van der Waals surface area contributed by atoms with E-state index in [1.165, 1.54) is 65.9 Å². The number of ether oxygens (including phenoxy) is 8. The summed E-state index contributed by atoms with van der Waals surface area (Å²) in [5.41, 5.74) is -1.70. The highest BCUT2D eigenvalue weighted by Crippen LogP contribution is 2.48. The van der Waals surface area contributed by atoms with Crippen LogP contribution in [0.3, 0.4) is 0 Å². The largest absolute Gasteiger partial charge is 0.545 e. The van der Waals surface area contributed by atoms with Crippen LogP contribution in [0.4, 0.5) is 34.3 Å².